The van der Waals surface area contributed by atoms with Crippen LogP contribution in [0.5, 0.6) is 5.75 Å². The van der Waals surface area contributed by atoms with E-state index in [1.165, 1.54) is 12.1 Å². The first-order valence-corrected chi connectivity index (χ1v) is 8.33. The standard InChI is InChI=1S/C18H18FN5O2/c1-9-16-12(18(26)24-5-4-11(20)8-24)7-14(21-17(16)23-22-9)10-2-3-15(25)13(19)6-10/h2-3,6-7,11,25H,4-5,8,20H2,1H3,(H,21,22,23). The van der Waals surface area contributed by atoms with Crippen LogP contribution in [0, 0.1) is 12.7 Å². The monoisotopic (exact) mass is 355 g/mol. The van der Waals surface area contributed by atoms with E-state index in [4.69, 9.17) is 5.73 Å². The van der Waals surface area contributed by atoms with Gasteiger partial charge < -0.3 is 15.7 Å². The number of nitrogens with one attached hydrogen (secondary N) is 1. The van der Waals surface area contributed by atoms with Crippen molar-refractivity contribution in [3.63, 3.8) is 0 Å². The Morgan fingerprint density at radius 2 is 2.23 bits per heavy atom. The minimum Gasteiger partial charge on any atom is -0.505 e. The molecule has 3 heterocycles. The highest BCUT2D eigenvalue weighted by Gasteiger charge is 2.27. The van der Waals surface area contributed by atoms with Crippen LogP contribution < -0.4 is 5.73 Å². The van der Waals surface area contributed by atoms with E-state index in [0.717, 1.165) is 6.42 Å². The van der Waals surface area contributed by atoms with Crippen molar-refractivity contribution in [3.05, 3.63) is 41.3 Å². The molecule has 1 aliphatic heterocycles. The average Bonchev–Trinajstić information content (AvgIpc) is 3.22. The molecular formula is C18H18FN5O2. The number of nitrogens with zero attached hydrogens (tertiary/aromatic N) is 3. The van der Waals surface area contributed by atoms with Crippen LogP contribution in [0.15, 0.2) is 24.3 Å². The number of aromatic amines is 1. The Hall–Kier alpha value is -3.00. The predicted octanol–water partition coefficient (Wildman–Crippen LogP) is 1.95. The van der Waals surface area contributed by atoms with E-state index in [1.807, 2.05) is 0 Å². The molecule has 0 spiro atoms. The van der Waals surface area contributed by atoms with Gasteiger partial charge in [-0.05, 0) is 37.6 Å². The second kappa shape index (κ2) is 6.06. The van der Waals surface area contributed by atoms with E-state index in [-0.39, 0.29) is 11.9 Å². The Morgan fingerprint density at radius 3 is 2.92 bits per heavy atom. The summed E-state index contributed by atoms with van der Waals surface area (Å²) >= 11 is 0. The maximum absolute atomic E-state index is 13.7. The number of aromatic nitrogens is 3. The van der Waals surface area contributed by atoms with Gasteiger partial charge in [0, 0.05) is 24.7 Å². The number of halogens is 1. The number of rotatable bonds is 2. The van der Waals surface area contributed by atoms with E-state index in [0.29, 0.717) is 46.6 Å². The summed E-state index contributed by atoms with van der Waals surface area (Å²) in [6.45, 7) is 2.90. The van der Waals surface area contributed by atoms with Gasteiger partial charge >= 0.3 is 0 Å². The van der Waals surface area contributed by atoms with Crippen molar-refractivity contribution in [1.29, 1.82) is 0 Å². The summed E-state index contributed by atoms with van der Waals surface area (Å²) in [5, 5.41) is 17.0. The molecule has 7 nitrogen and oxygen atoms in total. The number of likely N-dealkylation sites (tertiary alicyclic amines) is 1. The highest BCUT2D eigenvalue weighted by atomic mass is 19.1. The summed E-state index contributed by atoms with van der Waals surface area (Å²) in [5.74, 6) is -1.33. The first-order chi connectivity index (χ1) is 12.4. The number of benzene rings is 1. The summed E-state index contributed by atoms with van der Waals surface area (Å²) in [6, 6.07) is 5.62. The molecule has 0 radical (unpaired) electrons. The molecule has 1 aliphatic rings. The summed E-state index contributed by atoms with van der Waals surface area (Å²) in [5.41, 5.74) is 8.39. The Balaban J connectivity index is 1.86. The maximum atomic E-state index is 13.7. The maximum Gasteiger partial charge on any atom is 0.254 e. The third-order valence-corrected chi connectivity index (χ3v) is 4.70. The molecule has 1 atom stereocenters. The van der Waals surface area contributed by atoms with Crippen LogP contribution in [-0.2, 0) is 0 Å². The highest BCUT2D eigenvalue weighted by molar-refractivity contribution is 6.07. The molecule has 0 bridgehead atoms. The number of fused-ring (bicyclic) bond motifs is 1. The van der Waals surface area contributed by atoms with E-state index < -0.39 is 11.6 Å². The zero-order valence-electron chi connectivity index (χ0n) is 14.2. The minimum absolute atomic E-state index is 0.0209. The van der Waals surface area contributed by atoms with Crippen molar-refractivity contribution >= 4 is 16.9 Å². The van der Waals surface area contributed by atoms with Crippen molar-refractivity contribution < 1.29 is 14.3 Å². The quantitative estimate of drug-likeness (QED) is 0.651. The molecule has 1 aromatic carbocycles. The van der Waals surface area contributed by atoms with Gasteiger partial charge in [0.1, 0.15) is 0 Å². The lowest BCUT2D eigenvalue weighted by Gasteiger charge is -2.17. The van der Waals surface area contributed by atoms with Crippen LogP contribution in [-0.4, -0.2) is 50.2 Å². The van der Waals surface area contributed by atoms with Crippen molar-refractivity contribution in [2.45, 2.75) is 19.4 Å². The highest BCUT2D eigenvalue weighted by Crippen LogP contribution is 2.29. The van der Waals surface area contributed by atoms with Gasteiger partial charge in [-0.25, -0.2) is 9.37 Å². The van der Waals surface area contributed by atoms with Crippen molar-refractivity contribution in [1.82, 2.24) is 20.1 Å². The molecular weight excluding hydrogens is 337 g/mol. The molecule has 26 heavy (non-hydrogen) atoms. The predicted molar refractivity (Wildman–Crippen MR) is 94.2 cm³/mol. The number of carbonyl (C=O) groups excluding carboxylic acids is 1. The van der Waals surface area contributed by atoms with E-state index in [9.17, 15) is 14.3 Å². The smallest absolute Gasteiger partial charge is 0.254 e. The van der Waals surface area contributed by atoms with Gasteiger partial charge in [-0.1, -0.05) is 0 Å². The van der Waals surface area contributed by atoms with Crippen molar-refractivity contribution in [3.8, 4) is 17.0 Å². The number of H-pyrrole nitrogens is 1. The third-order valence-electron chi connectivity index (χ3n) is 4.70. The van der Waals surface area contributed by atoms with Gasteiger partial charge in [-0.2, -0.15) is 5.10 Å². The molecule has 3 aromatic rings. The number of hydrogen-bond donors (Lipinski definition) is 3. The first kappa shape index (κ1) is 16.5. The molecule has 2 aromatic heterocycles. The molecule has 0 saturated carbocycles. The number of carbonyl (C=O) groups is 1. The minimum atomic E-state index is -0.747. The van der Waals surface area contributed by atoms with Gasteiger partial charge in [0.15, 0.2) is 17.2 Å². The van der Waals surface area contributed by atoms with Crippen molar-refractivity contribution in [2.24, 2.45) is 5.73 Å². The van der Waals surface area contributed by atoms with Gasteiger partial charge in [0.25, 0.3) is 5.91 Å². The van der Waals surface area contributed by atoms with Crippen LogP contribution in [0.2, 0.25) is 0 Å². The lowest BCUT2D eigenvalue weighted by Crippen LogP contribution is -2.32. The van der Waals surface area contributed by atoms with Gasteiger partial charge in [0.05, 0.1) is 22.3 Å². The van der Waals surface area contributed by atoms with Crippen LogP contribution in [0.1, 0.15) is 22.5 Å². The molecule has 0 aliphatic carbocycles. The molecule has 1 fully saturated rings. The van der Waals surface area contributed by atoms with E-state index >= 15 is 0 Å². The molecule has 8 heteroatoms. The summed E-state index contributed by atoms with van der Waals surface area (Å²) in [7, 11) is 0. The van der Waals surface area contributed by atoms with E-state index in [2.05, 4.69) is 15.2 Å². The zero-order chi connectivity index (χ0) is 18.4. The molecule has 4 N–H and O–H groups in total. The lowest BCUT2D eigenvalue weighted by atomic mass is 10.0. The van der Waals surface area contributed by atoms with Crippen LogP contribution in [0.25, 0.3) is 22.3 Å². The normalized spacial score (nSPS) is 17.2. The zero-order valence-corrected chi connectivity index (χ0v) is 14.2. The number of amides is 1. The SMILES string of the molecule is Cc1n[nH]c2nc(-c3ccc(O)c(F)c3)cc(C(=O)N3CCC(N)C3)c12. The summed E-state index contributed by atoms with van der Waals surface area (Å²) in [4.78, 5) is 19.2. The van der Waals surface area contributed by atoms with Crippen LogP contribution in [0.4, 0.5) is 4.39 Å². The number of phenolic OH excluding ortho intramolecular Hbond substituents is 1. The van der Waals surface area contributed by atoms with Gasteiger partial charge in [0.2, 0.25) is 0 Å². The average molecular weight is 355 g/mol. The molecule has 1 unspecified atom stereocenters. The molecule has 1 amide bonds. The summed E-state index contributed by atoms with van der Waals surface area (Å²) < 4.78 is 13.7. The topological polar surface area (TPSA) is 108 Å². The fourth-order valence-electron chi connectivity index (χ4n) is 3.31. The largest absolute Gasteiger partial charge is 0.505 e. The van der Waals surface area contributed by atoms with E-state index in [1.54, 1.807) is 24.0 Å². The second-order valence-corrected chi connectivity index (χ2v) is 6.55. The van der Waals surface area contributed by atoms with Crippen LogP contribution >= 0.6 is 0 Å². The second-order valence-electron chi connectivity index (χ2n) is 6.55. The van der Waals surface area contributed by atoms with Gasteiger partial charge in [-0.3, -0.25) is 9.89 Å². The lowest BCUT2D eigenvalue weighted by molar-refractivity contribution is 0.0792. The number of nitrogens with two attached hydrogens (primary N) is 1. The van der Waals surface area contributed by atoms with Crippen molar-refractivity contribution in [2.75, 3.05) is 13.1 Å². The Bertz CT molecular complexity index is 1020. The number of aromatic hydroxyl groups is 1. The Kier molecular flexibility index (Phi) is 3.84. The number of pyridine rings is 1. The number of hydrogen-bond acceptors (Lipinski definition) is 5. The number of phenols is 1. The fraction of sp³-hybridized carbons (Fsp3) is 0.278. The Morgan fingerprint density at radius 1 is 1.42 bits per heavy atom. The molecule has 1 saturated heterocycles. The molecule has 134 valence electrons. The third kappa shape index (κ3) is 2.68. The van der Waals surface area contributed by atoms with Gasteiger partial charge in [-0.15, -0.1) is 0 Å². The Labute approximate surface area is 148 Å². The number of aryl methyl sites for hydroxylation is 1. The molecule has 4 rings (SSSR count). The fourth-order valence-corrected chi connectivity index (χ4v) is 3.31. The first-order valence-electron chi connectivity index (χ1n) is 8.33. The summed E-state index contributed by atoms with van der Waals surface area (Å²) in [6.07, 6.45) is 0.764. The van der Waals surface area contributed by atoms with Crippen LogP contribution in [0.3, 0.4) is 0 Å².